The number of thiophene rings is 1. The van der Waals surface area contributed by atoms with Gasteiger partial charge in [0.05, 0.1) is 21.3 Å². The molecule has 1 fully saturated rings. The van der Waals surface area contributed by atoms with E-state index in [2.05, 4.69) is 24.6 Å². The molecule has 4 aromatic rings. The second-order valence-corrected chi connectivity index (χ2v) is 8.97. The van der Waals surface area contributed by atoms with Gasteiger partial charge >= 0.3 is 0 Å². The van der Waals surface area contributed by atoms with Crippen molar-refractivity contribution in [2.24, 2.45) is 0 Å². The number of nitrogens with zero attached hydrogens (tertiary/aromatic N) is 5. The highest BCUT2D eigenvalue weighted by Crippen LogP contribution is 2.33. The van der Waals surface area contributed by atoms with Crippen molar-refractivity contribution in [1.82, 2.24) is 19.7 Å². The lowest BCUT2D eigenvalue weighted by Gasteiger charge is -2.19. The molecule has 1 aliphatic heterocycles. The minimum atomic E-state index is 0.636. The van der Waals surface area contributed by atoms with Gasteiger partial charge in [0.25, 0.3) is 0 Å². The fourth-order valence-electron chi connectivity index (χ4n) is 3.35. The summed E-state index contributed by atoms with van der Waals surface area (Å²) in [6.07, 6.45) is 4.05. The van der Waals surface area contributed by atoms with Gasteiger partial charge in [-0.05, 0) is 36.4 Å². The largest absolute Gasteiger partial charge is 0.444 e. The lowest BCUT2D eigenvalue weighted by Crippen LogP contribution is -2.22. The number of para-hydroxylation sites is 1. The van der Waals surface area contributed by atoms with Gasteiger partial charge in [-0.15, -0.1) is 21.5 Å². The van der Waals surface area contributed by atoms with Crippen LogP contribution in [0.4, 0.5) is 5.95 Å². The summed E-state index contributed by atoms with van der Waals surface area (Å²) >= 11 is 9.71. The molecule has 0 saturated carbocycles. The van der Waals surface area contributed by atoms with Gasteiger partial charge in [0, 0.05) is 18.8 Å². The summed E-state index contributed by atoms with van der Waals surface area (Å²) in [5, 5.41) is 12.4. The SMILES string of the molecule is Clc1ccccc1-n1c(SCc2coc(-c3cccs3)n2)nnc1N1CCCC1. The molecule has 1 aromatic carbocycles. The van der Waals surface area contributed by atoms with Gasteiger partial charge in [0.2, 0.25) is 11.8 Å². The van der Waals surface area contributed by atoms with Gasteiger partial charge in [-0.2, -0.15) is 0 Å². The molecule has 1 aliphatic rings. The van der Waals surface area contributed by atoms with Crippen LogP contribution in [0.2, 0.25) is 5.02 Å². The topological polar surface area (TPSA) is 60.0 Å². The number of rotatable bonds is 6. The van der Waals surface area contributed by atoms with E-state index < -0.39 is 0 Å². The number of anilines is 1. The molecule has 29 heavy (non-hydrogen) atoms. The zero-order valence-corrected chi connectivity index (χ0v) is 17.9. The molecule has 148 valence electrons. The van der Waals surface area contributed by atoms with Crippen molar-refractivity contribution < 1.29 is 4.42 Å². The second kappa shape index (κ2) is 8.22. The Kier molecular flexibility index (Phi) is 5.30. The molecular formula is C20H18ClN5OS2. The predicted octanol–water partition coefficient (Wildman–Crippen LogP) is 5.53. The van der Waals surface area contributed by atoms with Crippen LogP contribution >= 0.6 is 34.7 Å². The highest BCUT2D eigenvalue weighted by Gasteiger charge is 2.23. The van der Waals surface area contributed by atoms with Gasteiger partial charge in [-0.25, -0.2) is 4.98 Å². The third-order valence-electron chi connectivity index (χ3n) is 4.73. The fraction of sp³-hybridized carbons (Fsp3) is 0.250. The van der Waals surface area contributed by atoms with Gasteiger partial charge in [-0.3, -0.25) is 4.57 Å². The number of hydrogen-bond acceptors (Lipinski definition) is 7. The molecule has 0 radical (unpaired) electrons. The van der Waals surface area contributed by atoms with Crippen LogP contribution in [-0.4, -0.2) is 32.8 Å². The van der Waals surface area contributed by atoms with Crippen molar-refractivity contribution in [3.63, 3.8) is 0 Å². The van der Waals surface area contributed by atoms with Crippen LogP contribution in [0.15, 0.2) is 57.6 Å². The maximum Gasteiger partial charge on any atom is 0.236 e. The molecule has 0 aliphatic carbocycles. The highest BCUT2D eigenvalue weighted by atomic mass is 35.5. The summed E-state index contributed by atoms with van der Waals surface area (Å²) < 4.78 is 7.69. The first-order valence-corrected chi connectivity index (χ1v) is 11.6. The van der Waals surface area contributed by atoms with Crippen LogP contribution < -0.4 is 4.90 Å². The molecule has 0 N–H and O–H groups in total. The Balaban J connectivity index is 1.43. The Hall–Kier alpha value is -2.29. The average molecular weight is 444 g/mol. The number of halogens is 1. The minimum absolute atomic E-state index is 0.636. The summed E-state index contributed by atoms with van der Waals surface area (Å²) in [6, 6.07) is 11.8. The fourth-order valence-corrected chi connectivity index (χ4v) is 5.04. The third kappa shape index (κ3) is 3.80. The normalized spacial score (nSPS) is 14.0. The molecule has 3 aromatic heterocycles. The molecule has 4 heterocycles. The lowest BCUT2D eigenvalue weighted by atomic mass is 10.3. The van der Waals surface area contributed by atoms with E-state index >= 15 is 0 Å². The molecule has 5 rings (SSSR count). The van der Waals surface area contributed by atoms with E-state index in [4.69, 9.17) is 16.0 Å². The van der Waals surface area contributed by atoms with Crippen molar-refractivity contribution in [3.8, 4) is 16.5 Å². The van der Waals surface area contributed by atoms with E-state index in [-0.39, 0.29) is 0 Å². The van der Waals surface area contributed by atoms with E-state index in [1.807, 2.05) is 41.8 Å². The van der Waals surface area contributed by atoms with Crippen molar-refractivity contribution in [3.05, 3.63) is 58.8 Å². The van der Waals surface area contributed by atoms with Gasteiger partial charge < -0.3 is 9.32 Å². The Morgan fingerprint density at radius 2 is 1.97 bits per heavy atom. The van der Waals surface area contributed by atoms with E-state index in [0.29, 0.717) is 16.7 Å². The van der Waals surface area contributed by atoms with Crippen LogP contribution in [0.5, 0.6) is 0 Å². The Labute approximate surface area is 181 Å². The zero-order valence-electron chi connectivity index (χ0n) is 15.5. The number of thioether (sulfide) groups is 1. The molecular weight excluding hydrogens is 426 g/mol. The van der Waals surface area contributed by atoms with Gasteiger partial charge in [0.15, 0.2) is 5.16 Å². The summed E-state index contributed by atoms with van der Waals surface area (Å²) in [4.78, 5) is 7.90. The van der Waals surface area contributed by atoms with Crippen LogP contribution in [0.25, 0.3) is 16.5 Å². The van der Waals surface area contributed by atoms with E-state index in [0.717, 1.165) is 40.5 Å². The molecule has 0 atom stereocenters. The van der Waals surface area contributed by atoms with Crippen molar-refractivity contribution in [1.29, 1.82) is 0 Å². The molecule has 6 nitrogen and oxygen atoms in total. The van der Waals surface area contributed by atoms with Crippen LogP contribution in [0, 0.1) is 0 Å². The average Bonchev–Trinajstić information content (AvgIpc) is 3.54. The summed E-state index contributed by atoms with van der Waals surface area (Å²) in [5.41, 5.74) is 1.76. The van der Waals surface area contributed by atoms with Crippen LogP contribution in [0.3, 0.4) is 0 Å². The summed E-state index contributed by atoms with van der Waals surface area (Å²) in [7, 11) is 0. The van der Waals surface area contributed by atoms with E-state index in [9.17, 15) is 0 Å². The summed E-state index contributed by atoms with van der Waals surface area (Å²) in [5.74, 6) is 2.13. The Morgan fingerprint density at radius 1 is 1.10 bits per heavy atom. The molecule has 0 bridgehead atoms. The Bertz CT molecular complexity index is 1100. The van der Waals surface area contributed by atoms with Gasteiger partial charge in [0.1, 0.15) is 6.26 Å². The molecule has 1 saturated heterocycles. The first-order valence-electron chi connectivity index (χ1n) is 9.36. The second-order valence-electron chi connectivity index (χ2n) is 6.67. The minimum Gasteiger partial charge on any atom is -0.444 e. The number of hydrogen-bond donors (Lipinski definition) is 0. The molecule has 0 amide bonds. The molecule has 0 unspecified atom stereocenters. The lowest BCUT2D eigenvalue weighted by molar-refractivity contribution is 0.575. The maximum atomic E-state index is 6.51. The zero-order chi connectivity index (χ0) is 19.6. The molecule has 9 heteroatoms. The number of oxazole rings is 1. The van der Waals surface area contributed by atoms with Crippen LogP contribution in [-0.2, 0) is 5.75 Å². The first-order chi connectivity index (χ1) is 14.3. The van der Waals surface area contributed by atoms with Gasteiger partial charge in [-0.1, -0.05) is 41.6 Å². The number of aromatic nitrogens is 4. The monoisotopic (exact) mass is 443 g/mol. The highest BCUT2D eigenvalue weighted by molar-refractivity contribution is 7.98. The maximum absolute atomic E-state index is 6.51. The van der Waals surface area contributed by atoms with Crippen molar-refractivity contribution in [2.45, 2.75) is 23.8 Å². The standard InChI is InChI=1S/C20H18ClN5OS2/c21-15-6-1-2-7-16(15)26-19(25-9-3-4-10-25)23-24-20(26)29-13-14-12-27-18(22-14)17-8-5-11-28-17/h1-2,5-8,11-12H,3-4,9-10,13H2. The predicted molar refractivity (Wildman–Crippen MR) is 117 cm³/mol. The molecule has 0 spiro atoms. The number of benzene rings is 1. The third-order valence-corrected chi connectivity index (χ3v) is 6.87. The Morgan fingerprint density at radius 3 is 2.76 bits per heavy atom. The first kappa shape index (κ1) is 18.7. The van der Waals surface area contributed by atoms with Crippen LogP contribution in [0.1, 0.15) is 18.5 Å². The van der Waals surface area contributed by atoms with Crippen molar-refractivity contribution in [2.75, 3.05) is 18.0 Å². The van der Waals surface area contributed by atoms with E-state index in [1.54, 1.807) is 29.4 Å². The summed E-state index contributed by atoms with van der Waals surface area (Å²) in [6.45, 7) is 1.97. The van der Waals surface area contributed by atoms with Crippen molar-refractivity contribution >= 4 is 40.6 Å². The quantitative estimate of drug-likeness (QED) is 0.365. The smallest absolute Gasteiger partial charge is 0.236 e. The van der Waals surface area contributed by atoms with E-state index in [1.165, 1.54) is 12.8 Å².